The molecule has 0 rings (SSSR count). The molecule has 0 aliphatic heterocycles. The van der Waals surface area contributed by atoms with Gasteiger partial charge in [-0.1, -0.05) is 39.0 Å². The van der Waals surface area contributed by atoms with Gasteiger partial charge in [0.25, 0.3) is 0 Å². The molecule has 0 aromatic carbocycles. The minimum atomic E-state index is -1.04. The third-order valence-corrected chi connectivity index (χ3v) is 3.58. The maximum Gasteiger partial charge on any atom is 0.219 e. The van der Waals surface area contributed by atoms with Gasteiger partial charge in [-0.05, 0) is 6.42 Å². The molecule has 0 spiro atoms. The zero-order chi connectivity index (χ0) is 16.1. The van der Waals surface area contributed by atoms with Crippen molar-refractivity contribution in [2.45, 2.75) is 58.3 Å². The van der Waals surface area contributed by atoms with Gasteiger partial charge < -0.3 is 19.7 Å². The van der Waals surface area contributed by atoms with E-state index in [2.05, 4.69) is 12.2 Å². The predicted octanol–water partition coefficient (Wildman–Crippen LogP) is 1.07. The number of nitrogens with one attached hydrogen (secondary N) is 1. The first kappa shape index (κ1) is 19.9. The highest BCUT2D eigenvalue weighted by molar-refractivity contribution is 5.75. The molecule has 0 unspecified atom stereocenters. The normalized spacial score (nSPS) is 11.4. The van der Waals surface area contributed by atoms with Gasteiger partial charge >= 0.3 is 0 Å². The summed E-state index contributed by atoms with van der Waals surface area (Å²) in [6, 6.07) is 0. The maximum absolute atomic E-state index is 11.6. The molecular formula is C16H32N2O3. The molecule has 21 heavy (non-hydrogen) atoms. The molecule has 0 saturated carbocycles. The fraction of sp³-hybridized carbons (Fsp3) is 0.875. The zero-order valence-corrected chi connectivity index (χ0v) is 14.0. The molecule has 0 heterocycles. The number of hydrogen-bond acceptors (Lipinski definition) is 3. The number of unbranched alkanes of at least 4 members (excludes halogenated alkanes) is 5. The number of likely N-dealkylation sites (N-methyl/N-ethyl adjacent to an activating group) is 1. The topological polar surface area (TPSA) is 69.2 Å². The number of carboxylic acid groups (broad SMARTS) is 1. The summed E-state index contributed by atoms with van der Waals surface area (Å²) in [6.45, 7) is 3.53. The number of carboxylic acids is 1. The monoisotopic (exact) mass is 300 g/mol. The smallest absolute Gasteiger partial charge is 0.219 e. The van der Waals surface area contributed by atoms with Gasteiger partial charge in [0.1, 0.15) is 6.54 Å². The van der Waals surface area contributed by atoms with E-state index in [4.69, 9.17) is 0 Å². The van der Waals surface area contributed by atoms with Gasteiger partial charge in [0.2, 0.25) is 5.91 Å². The van der Waals surface area contributed by atoms with Crippen LogP contribution >= 0.6 is 0 Å². The SMILES string of the molecule is CCCCCCCCC(=O)NCCC[N+](C)(C)CC(=O)[O-]. The highest BCUT2D eigenvalue weighted by atomic mass is 16.4. The van der Waals surface area contributed by atoms with Crippen LogP contribution in [0, 0.1) is 0 Å². The number of aliphatic carboxylic acids is 1. The summed E-state index contributed by atoms with van der Waals surface area (Å²) in [6.07, 6.45) is 8.48. The molecule has 0 atom stereocenters. The molecule has 1 amide bonds. The molecule has 1 N–H and O–H groups in total. The highest BCUT2D eigenvalue weighted by Gasteiger charge is 2.14. The van der Waals surface area contributed by atoms with Crippen LogP contribution in [0.5, 0.6) is 0 Å². The van der Waals surface area contributed by atoms with E-state index in [9.17, 15) is 14.7 Å². The van der Waals surface area contributed by atoms with Crippen molar-refractivity contribution < 1.29 is 19.2 Å². The summed E-state index contributed by atoms with van der Waals surface area (Å²) in [5.74, 6) is -0.928. The lowest BCUT2D eigenvalue weighted by Crippen LogP contribution is -2.49. The van der Waals surface area contributed by atoms with Gasteiger partial charge in [0.05, 0.1) is 26.6 Å². The standard InChI is InChI=1S/C16H32N2O3/c1-4-5-6-7-8-9-11-15(19)17-12-10-13-18(2,3)14-16(20)21/h4-14H2,1-3H3,(H-,17,19,20,21). The molecule has 124 valence electrons. The van der Waals surface area contributed by atoms with Crippen molar-refractivity contribution in [1.82, 2.24) is 5.32 Å². The number of quaternary nitrogens is 1. The minimum Gasteiger partial charge on any atom is -0.544 e. The first-order valence-corrected chi connectivity index (χ1v) is 8.16. The fourth-order valence-electron chi connectivity index (χ4n) is 2.32. The molecule has 0 aliphatic rings. The van der Waals surface area contributed by atoms with Crippen LogP contribution in [0.3, 0.4) is 0 Å². The molecule has 0 fully saturated rings. The molecule has 5 heteroatoms. The third-order valence-electron chi connectivity index (χ3n) is 3.58. The Hall–Kier alpha value is -1.10. The van der Waals surface area contributed by atoms with E-state index < -0.39 is 5.97 Å². The molecule has 0 aromatic heterocycles. The van der Waals surface area contributed by atoms with Crippen molar-refractivity contribution in [3.8, 4) is 0 Å². The van der Waals surface area contributed by atoms with Crippen LogP contribution in [0.4, 0.5) is 0 Å². The van der Waals surface area contributed by atoms with Gasteiger partial charge in [0.15, 0.2) is 0 Å². The molecule has 0 radical (unpaired) electrons. The summed E-state index contributed by atoms with van der Waals surface area (Å²) >= 11 is 0. The van der Waals surface area contributed by atoms with Crippen molar-refractivity contribution in [1.29, 1.82) is 0 Å². The molecule has 5 nitrogen and oxygen atoms in total. The summed E-state index contributed by atoms with van der Waals surface area (Å²) in [5.41, 5.74) is 0. The third kappa shape index (κ3) is 13.6. The van der Waals surface area contributed by atoms with Crippen LogP contribution < -0.4 is 10.4 Å². The average Bonchev–Trinajstić information content (AvgIpc) is 2.37. The Balaban J connectivity index is 3.51. The summed E-state index contributed by atoms with van der Waals surface area (Å²) < 4.78 is 0.385. The summed E-state index contributed by atoms with van der Waals surface area (Å²) in [4.78, 5) is 22.2. The quantitative estimate of drug-likeness (QED) is 0.408. The largest absolute Gasteiger partial charge is 0.544 e. The number of carbonyl (C=O) groups excluding carboxylic acids is 2. The van der Waals surface area contributed by atoms with Crippen LogP contribution in [0.15, 0.2) is 0 Å². The van der Waals surface area contributed by atoms with E-state index in [1.54, 1.807) is 0 Å². The van der Waals surface area contributed by atoms with E-state index in [1.165, 1.54) is 25.7 Å². The lowest BCUT2D eigenvalue weighted by molar-refractivity contribution is -0.884. The lowest BCUT2D eigenvalue weighted by atomic mass is 10.1. The first-order chi connectivity index (χ1) is 9.87. The Bertz CT molecular complexity index is 304. The van der Waals surface area contributed by atoms with Crippen LogP contribution in [0.2, 0.25) is 0 Å². The van der Waals surface area contributed by atoms with Crippen LogP contribution in [-0.4, -0.2) is 50.1 Å². The van der Waals surface area contributed by atoms with Crippen molar-refractivity contribution in [3.63, 3.8) is 0 Å². The van der Waals surface area contributed by atoms with Gasteiger partial charge in [-0.15, -0.1) is 0 Å². The molecule has 0 saturated heterocycles. The fourth-order valence-corrected chi connectivity index (χ4v) is 2.32. The van der Waals surface area contributed by atoms with E-state index in [0.29, 0.717) is 24.0 Å². The van der Waals surface area contributed by atoms with Crippen LogP contribution in [-0.2, 0) is 9.59 Å². The number of rotatable bonds is 13. The van der Waals surface area contributed by atoms with Gasteiger partial charge in [-0.25, -0.2) is 0 Å². The van der Waals surface area contributed by atoms with Crippen LogP contribution in [0.25, 0.3) is 0 Å². The molecule has 0 bridgehead atoms. The minimum absolute atomic E-state index is 0.00566. The zero-order valence-electron chi connectivity index (χ0n) is 14.0. The van der Waals surface area contributed by atoms with Crippen molar-refractivity contribution in [2.75, 3.05) is 33.7 Å². The van der Waals surface area contributed by atoms with Crippen LogP contribution in [0.1, 0.15) is 58.3 Å². The van der Waals surface area contributed by atoms with Crippen molar-refractivity contribution >= 4 is 11.9 Å². The van der Waals surface area contributed by atoms with E-state index in [0.717, 1.165) is 19.3 Å². The number of amides is 1. The first-order valence-electron chi connectivity index (χ1n) is 8.16. The predicted molar refractivity (Wildman–Crippen MR) is 82.5 cm³/mol. The second-order valence-electron chi connectivity index (χ2n) is 6.41. The average molecular weight is 300 g/mol. The molecular weight excluding hydrogens is 268 g/mol. The van der Waals surface area contributed by atoms with Gasteiger partial charge in [-0.2, -0.15) is 0 Å². The van der Waals surface area contributed by atoms with Crippen molar-refractivity contribution in [3.05, 3.63) is 0 Å². The Morgan fingerprint density at radius 2 is 1.62 bits per heavy atom. The summed E-state index contributed by atoms with van der Waals surface area (Å²) in [5, 5.41) is 13.5. The van der Waals surface area contributed by atoms with E-state index in [-0.39, 0.29) is 12.5 Å². The molecule has 0 aromatic rings. The Morgan fingerprint density at radius 3 is 2.24 bits per heavy atom. The van der Waals surface area contributed by atoms with Crippen molar-refractivity contribution in [2.24, 2.45) is 0 Å². The highest BCUT2D eigenvalue weighted by Crippen LogP contribution is 2.06. The van der Waals surface area contributed by atoms with E-state index >= 15 is 0 Å². The van der Waals surface area contributed by atoms with Gasteiger partial charge in [0, 0.05) is 19.4 Å². The van der Waals surface area contributed by atoms with E-state index in [1.807, 2.05) is 14.1 Å². The Kier molecular flexibility index (Phi) is 10.9. The second kappa shape index (κ2) is 11.5. The number of hydrogen-bond donors (Lipinski definition) is 1. The molecule has 0 aliphatic carbocycles. The number of nitrogens with zero attached hydrogens (tertiary/aromatic N) is 1. The maximum atomic E-state index is 11.6. The Morgan fingerprint density at radius 1 is 1.00 bits per heavy atom. The summed E-state index contributed by atoms with van der Waals surface area (Å²) in [7, 11) is 3.71. The van der Waals surface area contributed by atoms with Gasteiger partial charge in [-0.3, -0.25) is 4.79 Å². The lowest BCUT2D eigenvalue weighted by Gasteiger charge is -2.30. The second-order valence-corrected chi connectivity index (χ2v) is 6.41. The Labute approximate surface area is 129 Å². The number of carbonyl (C=O) groups is 2.